The lowest BCUT2D eigenvalue weighted by Gasteiger charge is -2.18. The Kier molecular flexibility index (Phi) is 7.68. The zero-order chi connectivity index (χ0) is 26.4. The van der Waals surface area contributed by atoms with Gasteiger partial charge in [-0.25, -0.2) is 9.67 Å². The fourth-order valence-corrected chi connectivity index (χ4v) is 3.49. The minimum absolute atomic E-state index is 0.307. The van der Waals surface area contributed by atoms with Crippen LogP contribution in [-0.2, 0) is 0 Å². The van der Waals surface area contributed by atoms with Gasteiger partial charge in [-0.1, -0.05) is 36.4 Å². The molecular weight excluding hydrogens is 503 g/mol. The van der Waals surface area contributed by atoms with E-state index >= 15 is 0 Å². The van der Waals surface area contributed by atoms with Crippen LogP contribution in [0, 0.1) is 0 Å². The van der Waals surface area contributed by atoms with Crippen LogP contribution < -0.4 is 20.4 Å². The molecule has 4 rings (SSSR count). The standard InChI is InChI=1S/C25H22F3N7OS/c1-34(2)22-6-4-3-5-21(22)31-24(37)32-30-15-17-7-9-18(10-8-17)23-29-16-35(33-23)19-11-13-20(14-12-19)36-25(26,27)28/h3-16H,1-2H3,(H2,31,32,37)/b30-15+. The maximum atomic E-state index is 12.3. The molecule has 0 saturated carbocycles. The largest absolute Gasteiger partial charge is 0.573 e. The Morgan fingerprint density at radius 2 is 1.73 bits per heavy atom. The van der Waals surface area contributed by atoms with Crippen LogP contribution in [0.2, 0.25) is 0 Å². The van der Waals surface area contributed by atoms with E-state index in [0.29, 0.717) is 16.6 Å². The average Bonchev–Trinajstić information content (AvgIpc) is 3.34. The fourth-order valence-electron chi connectivity index (χ4n) is 3.32. The van der Waals surface area contributed by atoms with Crippen molar-refractivity contribution in [3.63, 3.8) is 0 Å². The minimum atomic E-state index is -4.74. The molecule has 0 atom stereocenters. The average molecular weight is 526 g/mol. The number of hydrazone groups is 1. The number of anilines is 2. The first kappa shape index (κ1) is 25.6. The molecule has 4 aromatic rings. The summed E-state index contributed by atoms with van der Waals surface area (Å²) < 4.78 is 42.4. The second-order valence-electron chi connectivity index (χ2n) is 7.91. The third kappa shape index (κ3) is 7.04. The third-order valence-corrected chi connectivity index (χ3v) is 5.20. The van der Waals surface area contributed by atoms with Gasteiger partial charge in [0.2, 0.25) is 0 Å². The molecule has 3 aromatic carbocycles. The molecule has 0 aliphatic carbocycles. The Bertz CT molecular complexity index is 1380. The van der Waals surface area contributed by atoms with E-state index in [1.54, 1.807) is 6.21 Å². The second-order valence-corrected chi connectivity index (χ2v) is 8.32. The van der Waals surface area contributed by atoms with E-state index in [4.69, 9.17) is 12.2 Å². The molecule has 1 heterocycles. The number of para-hydroxylation sites is 2. The number of nitrogens with zero attached hydrogens (tertiary/aromatic N) is 5. The molecule has 0 unspecified atom stereocenters. The molecule has 190 valence electrons. The Morgan fingerprint density at radius 1 is 1.03 bits per heavy atom. The van der Waals surface area contributed by atoms with Crippen molar-refractivity contribution in [2.24, 2.45) is 5.10 Å². The number of aromatic nitrogens is 3. The Morgan fingerprint density at radius 3 is 2.41 bits per heavy atom. The van der Waals surface area contributed by atoms with Gasteiger partial charge in [-0.15, -0.1) is 18.3 Å². The molecule has 0 aliphatic rings. The smallest absolute Gasteiger partial charge is 0.406 e. The van der Waals surface area contributed by atoms with Crippen LogP contribution in [-0.4, -0.2) is 46.5 Å². The molecule has 8 nitrogen and oxygen atoms in total. The normalized spacial score (nSPS) is 11.4. The molecule has 12 heteroatoms. The Hall–Kier alpha value is -4.45. The van der Waals surface area contributed by atoms with Crippen LogP contribution >= 0.6 is 12.2 Å². The SMILES string of the molecule is CN(C)c1ccccc1NC(=S)N/N=C/c1ccc(-c2ncn(-c3ccc(OC(F)(F)F)cc3)n2)cc1. The van der Waals surface area contributed by atoms with E-state index in [1.165, 1.54) is 35.3 Å². The Labute approximate surface area is 216 Å². The number of thiocarbonyl (C=S) groups is 1. The van der Waals surface area contributed by atoms with Crippen LogP contribution in [0.15, 0.2) is 84.2 Å². The summed E-state index contributed by atoms with van der Waals surface area (Å²) in [7, 11) is 3.90. The van der Waals surface area contributed by atoms with Crippen molar-refractivity contribution in [3.05, 3.63) is 84.7 Å². The van der Waals surface area contributed by atoms with E-state index in [2.05, 4.69) is 30.7 Å². The molecule has 2 N–H and O–H groups in total. The van der Waals surface area contributed by atoms with Crippen LogP contribution in [0.1, 0.15) is 5.56 Å². The third-order valence-electron chi connectivity index (χ3n) is 5.01. The van der Waals surface area contributed by atoms with Crippen molar-refractivity contribution >= 4 is 34.9 Å². The summed E-state index contributed by atoms with van der Waals surface area (Å²) in [6.45, 7) is 0. The first-order valence-electron chi connectivity index (χ1n) is 10.9. The molecule has 0 spiro atoms. The van der Waals surface area contributed by atoms with Gasteiger partial charge in [0.1, 0.15) is 12.1 Å². The highest BCUT2D eigenvalue weighted by molar-refractivity contribution is 7.80. The van der Waals surface area contributed by atoms with Crippen LogP contribution in [0.5, 0.6) is 5.75 Å². The van der Waals surface area contributed by atoms with Crippen LogP contribution in [0.3, 0.4) is 0 Å². The zero-order valence-electron chi connectivity index (χ0n) is 19.8. The van der Waals surface area contributed by atoms with Gasteiger partial charge < -0.3 is 15.0 Å². The van der Waals surface area contributed by atoms with Crippen molar-refractivity contribution in [1.82, 2.24) is 20.2 Å². The van der Waals surface area contributed by atoms with Crippen molar-refractivity contribution in [1.29, 1.82) is 0 Å². The van der Waals surface area contributed by atoms with Gasteiger partial charge in [0.15, 0.2) is 10.9 Å². The molecule has 0 radical (unpaired) electrons. The Balaban J connectivity index is 1.35. The predicted octanol–water partition coefficient (Wildman–Crippen LogP) is 5.22. The van der Waals surface area contributed by atoms with Crippen molar-refractivity contribution in [2.45, 2.75) is 6.36 Å². The van der Waals surface area contributed by atoms with Crippen LogP contribution in [0.4, 0.5) is 24.5 Å². The zero-order valence-corrected chi connectivity index (χ0v) is 20.6. The van der Waals surface area contributed by atoms with Crippen molar-refractivity contribution in [2.75, 3.05) is 24.3 Å². The van der Waals surface area contributed by atoms with Gasteiger partial charge in [-0.05, 0) is 54.2 Å². The number of alkyl halides is 3. The molecule has 0 saturated heterocycles. The predicted molar refractivity (Wildman–Crippen MR) is 141 cm³/mol. The molecule has 1 aromatic heterocycles. The molecule has 0 bridgehead atoms. The summed E-state index contributed by atoms with van der Waals surface area (Å²) in [4.78, 5) is 6.27. The number of hydrogen-bond donors (Lipinski definition) is 2. The lowest BCUT2D eigenvalue weighted by molar-refractivity contribution is -0.274. The maximum absolute atomic E-state index is 12.3. The molecule has 37 heavy (non-hydrogen) atoms. The summed E-state index contributed by atoms with van der Waals surface area (Å²) >= 11 is 5.32. The maximum Gasteiger partial charge on any atom is 0.573 e. The topological polar surface area (TPSA) is 79.6 Å². The number of hydrogen-bond acceptors (Lipinski definition) is 6. The van der Waals surface area contributed by atoms with Crippen molar-refractivity contribution in [3.8, 4) is 22.8 Å². The highest BCUT2D eigenvalue weighted by Gasteiger charge is 2.31. The number of nitrogens with one attached hydrogen (secondary N) is 2. The molecule has 0 aliphatic heterocycles. The lowest BCUT2D eigenvalue weighted by atomic mass is 10.1. The van der Waals surface area contributed by atoms with Crippen LogP contribution in [0.25, 0.3) is 17.1 Å². The first-order chi connectivity index (χ1) is 17.7. The van der Waals surface area contributed by atoms with E-state index < -0.39 is 6.36 Å². The number of benzene rings is 3. The minimum Gasteiger partial charge on any atom is -0.406 e. The highest BCUT2D eigenvalue weighted by atomic mass is 32.1. The number of ether oxygens (including phenoxy) is 1. The van der Waals surface area contributed by atoms with Gasteiger partial charge >= 0.3 is 6.36 Å². The van der Waals surface area contributed by atoms with E-state index in [-0.39, 0.29) is 5.75 Å². The van der Waals surface area contributed by atoms with E-state index in [0.717, 1.165) is 22.5 Å². The summed E-state index contributed by atoms with van der Waals surface area (Å²) in [5.74, 6) is 0.153. The number of rotatable bonds is 7. The van der Waals surface area contributed by atoms with Gasteiger partial charge in [0.05, 0.1) is 23.3 Å². The lowest BCUT2D eigenvalue weighted by Crippen LogP contribution is -2.25. The van der Waals surface area contributed by atoms with Gasteiger partial charge in [-0.3, -0.25) is 5.43 Å². The van der Waals surface area contributed by atoms with Gasteiger partial charge in [0, 0.05) is 19.7 Å². The van der Waals surface area contributed by atoms with Gasteiger partial charge in [-0.2, -0.15) is 5.10 Å². The summed E-state index contributed by atoms with van der Waals surface area (Å²) in [5.41, 5.74) is 6.79. The summed E-state index contributed by atoms with van der Waals surface area (Å²) in [6.07, 6.45) is -1.63. The van der Waals surface area contributed by atoms with E-state index in [1.807, 2.05) is 67.5 Å². The number of halogens is 3. The second kappa shape index (κ2) is 11.1. The first-order valence-corrected chi connectivity index (χ1v) is 11.3. The molecule has 0 amide bonds. The monoisotopic (exact) mass is 525 g/mol. The fraction of sp³-hybridized carbons (Fsp3) is 0.120. The molecule has 0 fully saturated rings. The summed E-state index contributed by atoms with van der Waals surface area (Å²) in [6, 6.07) is 20.5. The molecular formula is C25H22F3N7OS. The summed E-state index contributed by atoms with van der Waals surface area (Å²) in [5, 5.41) is 12.1. The van der Waals surface area contributed by atoms with E-state index in [9.17, 15) is 13.2 Å². The highest BCUT2D eigenvalue weighted by Crippen LogP contribution is 2.25. The quantitative estimate of drug-likeness (QED) is 0.195. The van der Waals surface area contributed by atoms with Crippen molar-refractivity contribution < 1.29 is 17.9 Å². The van der Waals surface area contributed by atoms with Gasteiger partial charge in [0.25, 0.3) is 0 Å².